The predicted octanol–water partition coefficient (Wildman–Crippen LogP) is 4.05. The molecule has 1 rings (SSSR count). The quantitative estimate of drug-likeness (QED) is 0.870. The molecule has 0 saturated heterocycles. The molecule has 19 heavy (non-hydrogen) atoms. The molecule has 2 heteroatoms. The highest BCUT2D eigenvalue weighted by Gasteiger charge is 2.17. The predicted molar refractivity (Wildman–Crippen MR) is 82.8 cm³/mol. The van der Waals surface area contributed by atoms with E-state index in [9.17, 15) is 0 Å². The number of aryl methyl sites for hydroxylation is 1. The monoisotopic (exact) mass is 263 g/mol. The van der Waals surface area contributed by atoms with Crippen LogP contribution in [0.2, 0.25) is 0 Å². The van der Waals surface area contributed by atoms with E-state index in [-0.39, 0.29) is 10.8 Å². The number of benzene rings is 1. The van der Waals surface area contributed by atoms with Crippen molar-refractivity contribution in [2.45, 2.75) is 53.4 Å². The second kappa shape index (κ2) is 5.96. The van der Waals surface area contributed by atoms with Crippen LogP contribution in [-0.2, 0) is 5.41 Å². The normalized spacial score (nSPS) is 12.6. The molecule has 1 aromatic rings. The Morgan fingerprint density at radius 2 is 1.74 bits per heavy atom. The van der Waals surface area contributed by atoms with E-state index in [0.29, 0.717) is 6.54 Å². The molecule has 0 radical (unpaired) electrons. The lowest BCUT2D eigenvalue weighted by atomic mass is 9.86. The van der Waals surface area contributed by atoms with Gasteiger partial charge in [-0.3, -0.25) is 0 Å². The maximum absolute atomic E-state index is 5.89. The van der Waals surface area contributed by atoms with Crippen molar-refractivity contribution in [3.8, 4) is 5.75 Å². The summed E-state index contributed by atoms with van der Waals surface area (Å²) in [6, 6.07) is 6.48. The van der Waals surface area contributed by atoms with Crippen LogP contribution in [0.4, 0.5) is 0 Å². The summed E-state index contributed by atoms with van der Waals surface area (Å²) in [6.07, 6.45) is 0.976. The highest BCUT2D eigenvalue weighted by atomic mass is 16.5. The Hall–Kier alpha value is -1.02. The molecule has 0 saturated carbocycles. The molecule has 0 aliphatic carbocycles. The average Bonchev–Trinajstić information content (AvgIpc) is 2.30. The first-order valence-corrected chi connectivity index (χ1v) is 7.10. The first-order valence-electron chi connectivity index (χ1n) is 7.10. The summed E-state index contributed by atoms with van der Waals surface area (Å²) in [5, 5.41) is 0. The number of ether oxygens (including phenoxy) is 1. The molecule has 0 heterocycles. The summed E-state index contributed by atoms with van der Waals surface area (Å²) in [6.45, 7) is 14.6. The van der Waals surface area contributed by atoms with Gasteiger partial charge < -0.3 is 10.5 Å². The summed E-state index contributed by atoms with van der Waals surface area (Å²) < 4.78 is 5.89. The zero-order valence-electron chi connectivity index (χ0n) is 13.3. The lowest BCUT2D eigenvalue weighted by molar-refractivity contribution is 0.232. The summed E-state index contributed by atoms with van der Waals surface area (Å²) in [7, 11) is 0. The molecular formula is C17H29NO. The second-order valence-corrected chi connectivity index (χ2v) is 7.20. The van der Waals surface area contributed by atoms with Crippen molar-refractivity contribution in [1.82, 2.24) is 0 Å². The van der Waals surface area contributed by atoms with Gasteiger partial charge in [0.15, 0.2) is 0 Å². The minimum atomic E-state index is 0.152. The van der Waals surface area contributed by atoms with Crippen molar-refractivity contribution >= 4 is 0 Å². The third kappa shape index (κ3) is 4.87. The Balaban J connectivity index is 2.66. The zero-order valence-corrected chi connectivity index (χ0v) is 13.3. The van der Waals surface area contributed by atoms with Crippen LogP contribution in [0.1, 0.15) is 52.2 Å². The summed E-state index contributed by atoms with van der Waals surface area (Å²) in [5.74, 6) is 0.987. The van der Waals surface area contributed by atoms with Gasteiger partial charge >= 0.3 is 0 Å². The highest BCUT2D eigenvalue weighted by Crippen LogP contribution is 2.28. The van der Waals surface area contributed by atoms with Crippen molar-refractivity contribution < 1.29 is 4.74 Å². The van der Waals surface area contributed by atoms with Crippen molar-refractivity contribution in [2.75, 3.05) is 13.2 Å². The van der Waals surface area contributed by atoms with Gasteiger partial charge in [-0.25, -0.2) is 0 Å². The lowest BCUT2D eigenvalue weighted by Crippen LogP contribution is -2.25. The second-order valence-electron chi connectivity index (χ2n) is 7.20. The maximum Gasteiger partial charge on any atom is 0.122 e. The minimum Gasteiger partial charge on any atom is -0.493 e. The van der Waals surface area contributed by atoms with Gasteiger partial charge in [0.25, 0.3) is 0 Å². The fourth-order valence-corrected chi connectivity index (χ4v) is 1.82. The highest BCUT2D eigenvalue weighted by molar-refractivity contribution is 5.38. The van der Waals surface area contributed by atoms with E-state index in [2.05, 4.69) is 59.7 Å². The van der Waals surface area contributed by atoms with E-state index in [1.54, 1.807) is 0 Å². The smallest absolute Gasteiger partial charge is 0.122 e. The van der Waals surface area contributed by atoms with Crippen LogP contribution in [0.3, 0.4) is 0 Å². The topological polar surface area (TPSA) is 35.2 Å². The van der Waals surface area contributed by atoms with Gasteiger partial charge in [-0.2, -0.15) is 0 Å². The Kier molecular flexibility index (Phi) is 5.03. The Labute approximate surface area is 118 Å². The van der Waals surface area contributed by atoms with Gasteiger partial charge in [-0.15, -0.1) is 0 Å². The Morgan fingerprint density at radius 3 is 2.21 bits per heavy atom. The van der Waals surface area contributed by atoms with Crippen molar-refractivity contribution in [2.24, 2.45) is 11.1 Å². The van der Waals surface area contributed by atoms with Gasteiger partial charge in [-0.1, -0.05) is 46.8 Å². The third-order valence-corrected chi connectivity index (χ3v) is 3.63. The molecule has 0 fully saturated rings. The van der Waals surface area contributed by atoms with Gasteiger partial charge in [0.2, 0.25) is 0 Å². The van der Waals surface area contributed by atoms with E-state index in [4.69, 9.17) is 10.5 Å². The van der Waals surface area contributed by atoms with Gasteiger partial charge in [0.05, 0.1) is 6.61 Å². The van der Waals surface area contributed by atoms with Crippen LogP contribution in [0.5, 0.6) is 5.75 Å². The molecule has 0 bridgehead atoms. The summed E-state index contributed by atoms with van der Waals surface area (Å²) >= 11 is 0. The fraction of sp³-hybridized carbons (Fsp3) is 0.647. The molecule has 0 amide bonds. The first-order chi connectivity index (χ1) is 8.65. The van der Waals surface area contributed by atoms with Gasteiger partial charge in [0.1, 0.15) is 5.75 Å². The van der Waals surface area contributed by atoms with E-state index in [0.717, 1.165) is 18.8 Å². The van der Waals surface area contributed by atoms with Crippen LogP contribution < -0.4 is 10.5 Å². The number of hydrogen-bond donors (Lipinski definition) is 1. The molecule has 0 aliphatic rings. The van der Waals surface area contributed by atoms with Crippen LogP contribution >= 0.6 is 0 Å². The largest absolute Gasteiger partial charge is 0.493 e. The molecule has 2 N–H and O–H groups in total. The maximum atomic E-state index is 5.89. The van der Waals surface area contributed by atoms with Gasteiger partial charge in [-0.05, 0) is 47.9 Å². The molecule has 1 aromatic carbocycles. The van der Waals surface area contributed by atoms with Crippen LogP contribution in [0.25, 0.3) is 0 Å². The van der Waals surface area contributed by atoms with E-state index in [1.165, 1.54) is 11.1 Å². The molecule has 0 spiro atoms. The molecule has 0 unspecified atom stereocenters. The molecule has 2 nitrogen and oxygen atoms in total. The lowest BCUT2D eigenvalue weighted by Gasteiger charge is -2.23. The molecule has 0 aliphatic heterocycles. The van der Waals surface area contributed by atoms with Crippen LogP contribution in [0, 0.1) is 12.3 Å². The van der Waals surface area contributed by atoms with E-state index >= 15 is 0 Å². The van der Waals surface area contributed by atoms with Crippen molar-refractivity contribution in [3.05, 3.63) is 29.3 Å². The van der Waals surface area contributed by atoms with Gasteiger partial charge in [0, 0.05) is 0 Å². The van der Waals surface area contributed by atoms with Crippen molar-refractivity contribution in [1.29, 1.82) is 0 Å². The Bertz CT molecular complexity index is 416. The number of nitrogens with two attached hydrogens (primary N) is 1. The van der Waals surface area contributed by atoms with E-state index in [1.807, 2.05) is 0 Å². The van der Waals surface area contributed by atoms with Crippen LogP contribution in [0.15, 0.2) is 18.2 Å². The molecule has 0 atom stereocenters. The van der Waals surface area contributed by atoms with E-state index < -0.39 is 0 Å². The number of rotatable bonds is 5. The average molecular weight is 263 g/mol. The zero-order chi connectivity index (χ0) is 14.7. The minimum absolute atomic E-state index is 0.152. The van der Waals surface area contributed by atoms with Crippen molar-refractivity contribution in [3.63, 3.8) is 0 Å². The standard InChI is InChI=1S/C17H29NO/c1-13-11-14(16(2,3)4)7-8-15(13)19-10-9-17(5,6)12-18/h7-8,11H,9-10,12,18H2,1-6H3. The SMILES string of the molecule is Cc1cc(C(C)(C)C)ccc1OCCC(C)(C)CN. The molecule has 0 aromatic heterocycles. The fourth-order valence-electron chi connectivity index (χ4n) is 1.82. The first kappa shape index (κ1) is 16.0. The molecular weight excluding hydrogens is 234 g/mol. The Morgan fingerprint density at radius 1 is 1.11 bits per heavy atom. The number of hydrogen-bond acceptors (Lipinski definition) is 2. The summed E-state index contributed by atoms with van der Waals surface area (Å²) in [4.78, 5) is 0. The van der Waals surface area contributed by atoms with Crippen LogP contribution in [-0.4, -0.2) is 13.2 Å². The summed E-state index contributed by atoms with van der Waals surface area (Å²) in [5.41, 5.74) is 8.62. The molecule has 108 valence electrons. The third-order valence-electron chi connectivity index (χ3n) is 3.63.